The van der Waals surface area contributed by atoms with Crippen LogP contribution in [0, 0.1) is 6.92 Å². The van der Waals surface area contributed by atoms with Gasteiger partial charge in [0.25, 0.3) is 0 Å². The molecule has 2 rings (SSSR count). The Morgan fingerprint density at radius 3 is 2.45 bits per heavy atom. The molecule has 0 saturated heterocycles. The highest BCUT2D eigenvalue weighted by molar-refractivity contribution is 5.90. The summed E-state index contributed by atoms with van der Waals surface area (Å²) in [4.78, 5) is 11.7. The van der Waals surface area contributed by atoms with Gasteiger partial charge in [-0.15, -0.1) is 5.10 Å². The van der Waals surface area contributed by atoms with Crippen molar-refractivity contribution >= 4 is 11.6 Å². The fourth-order valence-electron chi connectivity index (χ4n) is 1.54. The summed E-state index contributed by atoms with van der Waals surface area (Å²) in [5, 5.41) is 9.82. The van der Waals surface area contributed by atoms with Gasteiger partial charge >= 0.3 is 6.18 Å². The molecule has 0 spiro atoms. The van der Waals surface area contributed by atoms with Gasteiger partial charge in [0, 0.05) is 5.69 Å². The second-order valence-corrected chi connectivity index (χ2v) is 4.16. The minimum Gasteiger partial charge on any atom is -0.324 e. The molecule has 5 nitrogen and oxygen atoms in total. The first-order valence-corrected chi connectivity index (χ1v) is 5.68. The molecule has 2 aromatic rings. The van der Waals surface area contributed by atoms with Gasteiger partial charge in [-0.1, -0.05) is 5.21 Å². The molecule has 106 valence electrons. The number of halogens is 3. The van der Waals surface area contributed by atoms with Crippen molar-refractivity contribution in [3.05, 3.63) is 41.7 Å². The smallest absolute Gasteiger partial charge is 0.324 e. The van der Waals surface area contributed by atoms with E-state index in [4.69, 9.17) is 0 Å². The average Bonchev–Trinajstić information content (AvgIpc) is 2.74. The number of amides is 1. The topological polar surface area (TPSA) is 59.8 Å². The lowest BCUT2D eigenvalue weighted by Crippen LogP contribution is -2.20. The Morgan fingerprint density at radius 2 is 1.95 bits per heavy atom. The van der Waals surface area contributed by atoms with Crippen molar-refractivity contribution in [2.24, 2.45) is 0 Å². The molecule has 8 heteroatoms. The van der Waals surface area contributed by atoms with Crippen LogP contribution in [-0.4, -0.2) is 20.9 Å². The van der Waals surface area contributed by atoms with Gasteiger partial charge < -0.3 is 5.32 Å². The van der Waals surface area contributed by atoms with Crippen LogP contribution in [0.15, 0.2) is 30.5 Å². The molecule has 0 radical (unpaired) electrons. The van der Waals surface area contributed by atoms with Crippen molar-refractivity contribution < 1.29 is 18.0 Å². The minimum atomic E-state index is -4.39. The van der Waals surface area contributed by atoms with Gasteiger partial charge in [-0.05, 0) is 31.2 Å². The predicted molar refractivity (Wildman–Crippen MR) is 64.8 cm³/mol. The van der Waals surface area contributed by atoms with Crippen molar-refractivity contribution in [1.82, 2.24) is 15.0 Å². The maximum Gasteiger partial charge on any atom is 0.416 e. The Bertz CT molecular complexity index is 604. The largest absolute Gasteiger partial charge is 0.416 e. The number of benzene rings is 1. The van der Waals surface area contributed by atoms with E-state index in [1.54, 1.807) is 6.92 Å². The number of alkyl halides is 3. The third-order valence-corrected chi connectivity index (χ3v) is 2.60. The molecular weight excluding hydrogens is 273 g/mol. The summed E-state index contributed by atoms with van der Waals surface area (Å²) >= 11 is 0. The lowest BCUT2D eigenvalue weighted by molar-refractivity contribution is -0.137. The summed E-state index contributed by atoms with van der Waals surface area (Å²) in [6, 6.07) is 4.23. The SMILES string of the molecule is Cc1cnnn1CC(=O)Nc1ccc(C(F)(F)F)cc1. The number of anilines is 1. The Kier molecular flexibility index (Phi) is 3.73. The molecule has 0 bridgehead atoms. The number of hydrogen-bond acceptors (Lipinski definition) is 3. The Morgan fingerprint density at radius 1 is 1.30 bits per heavy atom. The van der Waals surface area contributed by atoms with E-state index in [-0.39, 0.29) is 6.54 Å². The van der Waals surface area contributed by atoms with Gasteiger partial charge in [0.15, 0.2) is 0 Å². The second kappa shape index (κ2) is 5.32. The first-order valence-electron chi connectivity index (χ1n) is 5.68. The Hall–Kier alpha value is -2.38. The van der Waals surface area contributed by atoms with Gasteiger partial charge in [-0.2, -0.15) is 13.2 Å². The molecule has 20 heavy (non-hydrogen) atoms. The van der Waals surface area contributed by atoms with E-state index in [1.807, 2.05) is 0 Å². The Balaban J connectivity index is 2.00. The summed E-state index contributed by atoms with van der Waals surface area (Å²) in [6.07, 6.45) is -2.88. The quantitative estimate of drug-likeness (QED) is 0.940. The normalized spacial score (nSPS) is 11.4. The van der Waals surface area contributed by atoms with Crippen molar-refractivity contribution in [1.29, 1.82) is 0 Å². The zero-order chi connectivity index (χ0) is 14.8. The summed E-state index contributed by atoms with van der Waals surface area (Å²) < 4.78 is 38.5. The van der Waals surface area contributed by atoms with Crippen LogP contribution in [-0.2, 0) is 17.5 Å². The number of aromatic nitrogens is 3. The van der Waals surface area contributed by atoms with Gasteiger partial charge in [0.2, 0.25) is 5.91 Å². The molecular formula is C12H11F3N4O. The van der Waals surface area contributed by atoms with Crippen LogP contribution in [0.2, 0.25) is 0 Å². The maximum absolute atomic E-state index is 12.4. The molecule has 0 atom stereocenters. The highest BCUT2D eigenvalue weighted by Gasteiger charge is 2.29. The third-order valence-electron chi connectivity index (χ3n) is 2.60. The van der Waals surface area contributed by atoms with Crippen molar-refractivity contribution in [2.45, 2.75) is 19.6 Å². The third kappa shape index (κ3) is 3.34. The van der Waals surface area contributed by atoms with Gasteiger partial charge in [-0.3, -0.25) is 4.79 Å². The van der Waals surface area contributed by atoms with Crippen LogP contribution in [0.5, 0.6) is 0 Å². The molecule has 1 aromatic heterocycles. The average molecular weight is 284 g/mol. The van der Waals surface area contributed by atoms with Crippen LogP contribution in [0.25, 0.3) is 0 Å². The fraction of sp³-hybridized carbons (Fsp3) is 0.250. The number of carbonyl (C=O) groups is 1. The van der Waals surface area contributed by atoms with Crippen LogP contribution < -0.4 is 5.32 Å². The fourth-order valence-corrected chi connectivity index (χ4v) is 1.54. The number of hydrogen-bond donors (Lipinski definition) is 1. The summed E-state index contributed by atoms with van der Waals surface area (Å²) in [5.74, 6) is -0.390. The first kappa shape index (κ1) is 14.0. The summed E-state index contributed by atoms with van der Waals surface area (Å²) in [6.45, 7) is 1.69. The Labute approximate surface area is 112 Å². The van der Waals surface area contributed by atoms with Crippen molar-refractivity contribution in [3.63, 3.8) is 0 Å². The van der Waals surface area contributed by atoms with E-state index in [1.165, 1.54) is 23.0 Å². The highest BCUT2D eigenvalue weighted by atomic mass is 19.4. The monoisotopic (exact) mass is 284 g/mol. The molecule has 1 N–H and O–H groups in total. The molecule has 1 aromatic carbocycles. The number of nitrogens with zero attached hydrogens (tertiary/aromatic N) is 3. The van der Waals surface area contributed by atoms with Gasteiger partial charge in [0.05, 0.1) is 17.5 Å². The summed E-state index contributed by atoms with van der Waals surface area (Å²) in [7, 11) is 0. The maximum atomic E-state index is 12.4. The summed E-state index contributed by atoms with van der Waals surface area (Å²) in [5.41, 5.74) is 0.246. The van der Waals surface area contributed by atoms with E-state index >= 15 is 0 Å². The van der Waals surface area contributed by atoms with Crippen molar-refractivity contribution in [3.8, 4) is 0 Å². The number of rotatable bonds is 3. The molecule has 0 saturated carbocycles. The van der Waals surface area contributed by atoms with Crippen LogP contribution in [0.4, 0.5) is 18.9 Å². The van der Waals surface area contributed by atoms with Crippen molar-refractivity contribution in [2.75, 3.05) is 5.32 Å². The molecule has 0 fully saturated rings. The number of nitrogens with one attached hydrogen (secondary N) is 1. The second-order valence-electron chi connectivity index (χ2n) is 4.16. The molecule has 0 aliphatic heterocycles. The van der Waals surface area contributed by atoms with E-state index in [0.717, 1.165) is 12.1 Å². The molecule has 0 aliphatic carbocycles. The van der Waals surface area contributed by atoms with Crippen LogP contribution in [0.3, 0.4) is 0 Å². The van der Waals surface area contributed by atoms with E-state index in [0.29, 0.717) is 11.4 Å². The van der Waals surface area contributed by atoms with E-state index in [9.17, 15) is 18.0 Å². The number of carbonyl (C=O) groups excluding carboxylic acids is 1. The standard InChI is InChI=1S/C12H11F3N4O/c1-8-6-16-18-19(8)7-11(20)17-10-4-2-9(3-5-10)12(13,14)15/h2-6H,7H2,1H3,(H,17,20). The zero-order valence-electron chi connectivity index (χ0n) is 10.5. The van der Waals surface area contributed by atoms with E-state index in [2.05, 4.69) is 15.6 Å². The molecule has 1 amide bonds. The van der Waals surface area contributed by atoms with Crippen LogP contribution >= 0.6 is 0 Å². The van der Waals surface area contributed by atoms with Crippen LogP contribution in [0.1, 0.15) is 11.3 Å². The minimum absolute atomic E-state index is 0.0488. The van der Waals surface area contributed by atoms with Gasteiger partial charge in [0.1, 0.15) is 6.54 Å². The predicted octanol–water partition coefficient (Wildman–Crippen LogP) is 2.24. The molecule has 1 heterocycles. The zero-order valence-corrected chi connectivity index (χ0v) is 10.5. The highest BCUT2D eigenvalue weighted by Crippen LogP contribution is 2.29. The van der Waals surface area contributed by atoms with E-state index < -0.39 is 17.6 Å². The first-order chi connectivity index (χ1) is 9.36. The number of aryl methyl sites for hydroxylation is 1. The lowest BCUT2D eigenvalue weighted by Gasteiger charge is -2.09. The lowest BCUT2D eigenvalue weighted by atomic mass is 10.2. The van der Waals surface area contributed by atoms with Gasteiger partial charge in [-0.25, -0.2) is 4.68 Å². The molecule has 0 unspecified atom stereocenters. The molecule has 0 aliphatic rings.